The van der Waals surface area contributed by atoms with E-state index < -0.39 is 4.92 Å². The SMILES string of the molecule is Cc1cc(C(=O)CCl)c(C)n1-c1cc([N+](=O)[O-])ccc1Br. The average Bonchev–Trinajstić information content (AvgIpc) is 2.74. The van der Waals surface area contributed by atoms with E-state index in [0.29, 0.717) is 21.4 Å². The molecule has 5 nitrogen and oxygen atoms in total. The molecule has 1 heterocycles. The molecule has 0 aliphatic rings. The number of carbonyl (C=O) groups is 1. The second kappa shape index (κ2) is 5.99. The smallest absolute Gasteiger partial charge is 0.271 e. The minimum Gasteiger partial charge on any atom is -0.316 e. The van der Waals surface area contributed by atoms with Crippen molar-refractivity contribution in [2.24, 2.45) is 0 Å². The molecular formula is C14H12BrClN2O3. The molecule has 0 N–H and O–H groups in total. The van der Waals surface area contributed by atoms with Gasteiger partial charge in [0.1, 0.15) is 0 Å². The van der Waals surface area contributed by atoms with Crippen molar-refractivity contribution in [3.8, 4) is 5.69 Å². The predicted molar refractivity (Wildman–Crippen MR) is 84.6 cm³/mol. The van der Waals surface area contributed by atoms with Crippen molar-refractivity contribution in [1.82, 2.24) is 4.57 Å². The summed E-state index contributed by atoms with van der Waals surface area (Å²) in [5, 5.41) is 10.9. The van der Waals surface area contributed by atoms with Crippen LogP contribution in [-0.4, -0.2) is 21.2 Å². The van der Waals surface area contributed by atoms with Crippen LogP contribution in [0.25, 0.3) is 5.69 Å². The maximum absolute atomic E-state index is 11.8. The number of alkyl halides is 1. The van der Waals surface area contributed by atoms with Gasteiger partial charge in [0.05, 0.1) is 16.5 Å². The number of nitro benzene ring substituents is 1. The van der Waals surface area contributed by atoms with Crippen molar-refractivity contribution in [2.45, 2.75) is 13.8 Å². The van der Waals surface area contributed by atoms with Gasteiger partial charge in [-0.2, -0.15) is 0 Å². The molecule has 0 atom stereocenters. The van der Waals surface area contributed by atoms with E-state index in [2.05, 4.69) is 15.9 Å². The molecule has 1 aromatic carbocycles. The normalized spacial score (nSPS) is 10.7. The molecule has 0 bridgehead atoms. The number of Topliss-reactive ketones (excluding diaryl/α,β-unsaturated/α-hetero) is 1. The molecule has 0 aliphatic heterocycles. The second-order valence-corrected chi connectivity index (χ2v) is 5.69. The number of hydrogen-bond acceptors (Lipinski definition) is 3. The lowest BCUT2D eigenvalue weighted by molar-refractivity contribution is -0.384. The van der Waals surface area contributed by atoms with E-state index in [0.717, 1.165) is 5.69 Å². The van der Waals surface area contributed by atoms with Crippen molar-refractivity contribution in [2.75, 3.05) is 5.88 Å². The number of hydrogen-bond donors (Lipinski definition) is 0. The van der Waals surface area contributed by atoms with Crippen LogP contribution in [0.4, 0.5) is 5.69 Å². The molecule has 0 amide bonds. The van der Waals surface area contributed by atoms with Crippen molar-refractivity contribution >= 4 is 39.0 Å². The summed E-state index contributed by atoms with van der Waals surface area (Å²) in [6.45, 7) is 3.63. The molecule has 21 heavy (non-hydrogen) atoms. The van der Waals surface area contributed by atoms with Gasteiger partial charge in [0.2, 0.25) is 0 Å². The lowest BCUT2D eigenvalue weighted by Crippen LogP contribution is -2.05. The van der Waals surface area contributed by atoms with Gasteiger partial charge in [-0.15, -0.1) is 11.6 Å². The standard InChI is InChI=1S/C14H12BrClN2O3/c1-8-5-11(14(19)7-16)9(2)17(8)13-6-10(18(20)21)3-4-12(13)15/h3-6H,7H2,1-2H3. The molecule has 110 valence electrons. The van der Waals surface area contributed by atoms with E-state index in [1.165, 1.54) is 12.1 Å². The van der Waals surface area contributed by atoms with Gasteiger partial charge in [-0.1, -0.05) is 0 Å². The number of nitro groups is 1. The van der Waals surface area contributed by atoms with Gasteiger partial charge in [0.15, 0.2) is 5.78 Å². The van der Waals surface area contributed by atoms with Gasteiger partial charge in [-0.3, -0.25) is 14.9 Å². The first-order valence-corrected chi connectivity index (χ1v) is 7.42. The molecule has 2 rings (SSSR count). The zero-order valence-corrected chi connectivity index (χ0v) is 13.7. The highest BCUT2D eigenvalue weighted by atomic mass is 79.9. The second-order valence-electron chi connectivity index (χ2n) is 4.57. The molecular weight excluding hydrogens is 360 g/mol. The van der Waals surface area contributed by atoms with Gasteiger partial charge in [-0.05, 0) is 41.9 Å². The van der Waals surface area contributed by atoms with E-state index in [1.54, 1.807) is 23.6 Å². The first kappa shape index (κ1) is 15.7. The molecule has 0 radical (unpaired) electrons. The molecule has 1 aromatic heterocycles. The van der Waals surface area contributed by atoms with Gasteiger partial charge in [0, 0.05) is 33.6 Å². The first-order chi connectivity index (χ1) is 9.86. The monoisotopic (exact) mass is 370 g/mol. The minimum absolute atomic E-state index is 0.00841. The summed E-state index contributed by atoms with van der Waals surface area (Å²) in [5.74, 6) is -0.266. The van der Waals surface area contributed by atoms with Crippen LogP contribution in [0.5, 0.6) is 0 Å². The Kier molecular flexibility index (Phi) is 4.49. The third kappa shape index (κ3) is 2.87. The summed E-state index contributed by atoms with van der Waals surface area (Å²) < 4.78 is 2.51. The number of non-ortho nitro benzene ring substituents is 1. The first-order valence-electron chi connectivity index (χ1n) is 6.09. The minimum atomic E-state index is -0.449. The Hall–Kier alpha value is -1.66. The number of carbonyl (C=O) groups excluding carboxylic acids is 1. The third-order valence-electron chi connectivity index (χ3n) is 3.23. The zero-order valence-electron chi connectivity index (χ0n) is 11.4. The fourth-order valence-corrected chi connectivity index (χ4v) is 2.84. The van der Waals surface area contributed by atoms with Crippen LogP contribution in [0.2, 0.25) is 0 Å². The maximum atomic E-state index is 11.8. The Bertz CT molecular complexity index is 740. The molecule has 0 saturated heterocycles. The predicted octanol–water partition coefficient (Wildman–Crippen LogP) is 4.19. The van der Waals surface area contributed by atoms with Gasteiger partial charge in [-0.25, -0.2) is 0 Å². The van der Waals surface area contributed by atoms with Crippen LogP contribution in [0, 0.1) is 24.0 Å². The summed E-state index contributed by atoms with van der Waals surface area (Å²) >= 11 is 9.00. The van der Waals surface area contributed by atoms with Crippen molar-refractivity contribution in [1.29, 1.82) is 0 Å². The van der Waals surface area contributed by atoms with Crippen molar-refractivity contribution < 1.29 is 9.72 Å². The highest BCUT2D eigenvalue weighted by Gasteiger charge is 2.19. The van der Waals surface area contributed by atoms with Crippen LogP contribution in [0.15, 0.2) is 28.7 Å². The molecule has 0 saturated carbocycles. The molecule has 0 fully saturated rings. The van der Waals surface area contributed by atoms with Crippen LogP contribution in [0.1, 0.15) is 21.7 Å². The number of aryl methyl sites for hydroxylation is 1. The van der Waals surface area contributed by atoms with E-state index in [9.17, 15) is 14.9 Å². The number of rotatable bonds is 4. The van der Waals surface area contributed by atoms with E-state index in [4.69, 9.17) is 11.6 Å². The Morgan fingerprint density at radius 2 is 2.05 bits per heavy atom. The quantitative estimate of drug-likeness (QED) is 0.350. The highest BCUT2D eigenvalue weighted by molar-refractivity contribution is 9.10. The van der Waals surface area contributed by atoms with Gasteiger partial charge < -0.3 is 4.57 Å². The summed E-state index contributed by atoms with van der Waals surface area (Å²) in [4.78, 5) is 22.3. The molecule has 7 heteroatoms. The van der Waals surface area contributed by atoms with Crippen LogP contribution >= 0.6 is 27.5 Å². The number of ketones is 1. The Morgan fingerprint density at radius 3 is 2.62 bits per heavy atom. The van der Waals surface area contributed by atoms with E-state index in [1.807, 2.05) is 6.92 Å². The summed E-state index contributed by atoms with van der Waals surface area (Å²) in [6, 6.07) is 6.26. The average molecular weight is 372 g/mol. The van der Waals surface area contributed by atoms with E-state index >= 15 is 0 Å². The lowest BCUT2D eigenvalue weighted by Gasteiger charge is -2.11. The Balaban J connectivity index is 2.67. The van der Waals surface area contributed by atoms with Crippen LogP contribution < -0.4 is 0 Å². The lowest BCUT2D eigenvalue weighted by atomic mass is 10.2. The number of benzene rings is 1. The van der Waals surface area contributed by atoms with Gasteiger partial charge in [0.25, 0.3) is 5.69 Å². The van der Waals surface area contributed by atoms with Crippen molar-refractivity contribution in [3.63, 3.8) is 0 Å². The zero-order chi connectivity index (χ0) is 15.7. The summed E-state index contributed by atoms with van der Waals surface area (Å²) in [6.07, 6.45) is 0. The van der Waals surface area contributed by atoms with Crippen molar-refractivity contribution in [3.05, 3.63) is 55.8 Å². The largest absolute Gasteiger partial charge is 0.316 e. The number of nitrogens with zero attached hydrogens (tertiary/aromatic N) is 2. The van der Waals surface area contributed by atoms with Crippen LogP contribution in [0.3, 0.4) is 0 Å². The maximum Gasteiger partial charge on any atom is 0.271 e. The topological polar surface area (TPSA) is 65.1 Å². The highest BCUT2D eigenvalue weighted by Crippen LogP contribution is 2.30. The Morgan fingerprint density at radius 1 is 1.38 bits per heavy atom. The fraction of sp³-hybridized carbons (Fsp3) is 0.214. The summed E-state index contributed by atoms with van der Waals surface area (Å²) in [5.41, 5.74) is 2.65. The number of halogens is 2. The number of aromatic nitrogens is 1. The molecule has 0 aliphatic carbocycles. The molecule has 0 unspecified atom stereocenters. The molecule has 2 aromatic rings. The molecule has 0 spiro atoms. The van der Waals surface area contributed by atoms with Gasteiger partial charge >= 0.3 is 0 Å². The fourth-order valence-electron chi connectivity index (χ4n) is 2.27. The summed E-state index contributed by atoms with van der Waals surface area (Å²) in [7, 11) is 0. The van der Waals surface area contributed by atoms with Crippen LogP contribution in [-0.2, 0) is 0 Å². The third-order valence-corrected chi connectivity index (χ3v) is 4.15. The Labute approximate surface area is 134 Å². The van der Waals surface area contributed by atoms with E-state index in [-0.39, 0.29) is 17.4 Å².